The number of hydrogen-bond donors (Lipinski definition) is 0. The van der Waals surface area contributed by atoms with E-state index in [0.29, 0.717) is 32.0 Å². The number of hydroxylamine groups is 2. The Morgan fingerprint density at radius 1 is 0.867 bits per heavy atom. The average molecular weight is 624 g/mol. The number of alkyl halides is 3. The van der Waals surface area contributed by atoms with Crippen molar-refractivity contribution in [2.75, 3.05) is 33.4 Å². The summed E-state index contributed by atoms with van der Waals surface area (Å²) >= 11 is 0. The molecule has 1 aliphatic heterocycles. The fourth-order valence-electron chi connectivity index (χ4n) is 5.34. The van der Waals surface area contributed by atoms with Gasteiger partial charge >= 0.3 is 12.1 Å². The lowest BCUT2D eigenvalue weighted by Crippen LogP contribution is -2.46. The predicted octanol–water partition coefficient (Wildman–Crippen LogP) is 6.85. The zero-order valence-electron chi connectivity index (χ0n) is 24.9. The van der Waals surface area contributed by atoms with Gasteiger partial charge in [0.25, 0.3) is 0 Å². The SMILES string of the molecule is COCC(COc1ccc(C2CCN(OC(=O)C(F)(F)F)CC2OCc2ccc3ccccc3c2)cc1)OCc1ccccc1. The molecule has 3 atom stereocenters. The van der Waals surface area contributed by atoms with Gasteiger partial charge in [-0.15, -0.1) is 5.06 Å². The minimum Gasteiger partial charge on any atom is -0.491 e. The molecule has 0 N–H and O–H groups in total. The molecule has 10 heteroatoms. The van der Waals surface area contributed by atoms with Crippen molar-refractivity contribution in [2.24, 2.45) is 0 Å². The maximum atomic E-state index is 12.9. The van der Waals surface area contributed by atoms with E-state index in [2.05, 4.69) is 4.84 Å². The molecule has 4 aromatic carbocycles. The Balaban J connectivity index is 1.23. The standard InChI is InChI=1S/C35H36F3NO6/c1-41-23-31(42-21-25-7-3-2-4-8-25)24-43-30-15-13-28(14-16-30)32-17-18-39(45-34(40)35(36,37)38)20-33(32)44-22-26-11-12-27-9-5-6-10-29(27)19-26/h2-16,19,31-33H,17-18,20-24H2,1H3. The Bertz CT molecular complexity index is 1520. The highest BCUT2D eigenvalue weighted by molar-refractivity contribution is 5.82. The van der Waals surface area contributed by atoms with Crippen molar-refractivity contribution in [3.05, 3.63) is 114 Å². The van der Waals surface area contributed by atoms with E-state index in [9.17, 15) is 18.0 Å². The van der Waals surface area contributed by atoms with Gasteiger partial charge in [0.2, 0.25) is 0 Å². The van der Waals surface area contributed by atoms with Crippen LogP contribution in [0.4, 0.5) is 13.2 Å². The molecule has 0 aromatic heterocycles. The number of rotatable bonds is 13. The lowest BCUT2D eigenvalue weighted by atomic mass is 9.87. The highest BCUT2D eigenvalue weighted by atomic mass is 19.4. The second kappa shape index (κ2) is 15.4. The average Bonchev–Trinajstić information content (AvgIpc) is 3.05. The summed E-state index contributed by atoms with van der Waals surface area (Å²) in [6.07, 6.45) is -5.46. The number of ether oxygens (including phenoxy) is 4. The number of carbonyl (C=O) groups is 1. The van der Waals surface area contributed by atoms with Crippen LogP contribution in [0.1, 0.15) is 29.0 Å². The Morgan fingerprint density at radius 3 is 2.33 bits per heavy atom. The van der Waals surface area contributed by atoms with E-state index < -0.39 is 18.2 Å². The highest BCUT2D eigenvalue weighted by Gasteiger charge is 2.44. The van der Waals surface area contributed by atoms with E-state index >= 15 is 0 Å². The van der Waals surface area contributed by atoms with Crippen molar-refractivity contribution in [1.82, 2.24) is 5.06 Å². The van der Waals surface area contributed by atoms with Crippen LogP contribution in [0.5, 0.6) is 5.75 Å². The second-order valence-corrected chi connectivity index (χ2v) is 10.9. The molecule has 1 aliphatic rings. The van der Waals surface area contributed by atoms with Gasteiger partial charge in [-0.1, -0.05) is 78.9 Å². The summed E-state index contributed by atoms with van der Waals surface area (Å²) in [7, 11) is 1.61. The molecular formula is C35H36F3NO6. The summed E-state index contributed by atoms with van der Waals surface area (Å²) in [6, 6.07) is 31.4. The maximum absolute atomic E-state index is 12.9. The van der Waals surface area contributed by atoms with Crippen molar-refractivity contribution in [1.29, 1.82) is 0 Å². The van der Waals surface area contributed by atoms with E-state index in [4.69, 9.17) is 18.9 Å². The zero-order chi connectivity index (χ0) is 31.6. The van der Waals surface area contributed by atoms with Gasteiger partial charge in [-0.2, -0.15) is 13.2 Å². The first-order chi connectivity index (χ1) is 21.8. The van der Waals surface area contributed by atoms with Crippen molar-refractivity contribution in [3.8, 4) is 5.75 Å². The largest absolute Gasteiger partial charge is 0.492 e. The molecule has 4 aromatic rings. The minimum absolute atomic E-state index is 0.00420. The fraction of sp³-hybridized carbons (Fsp3) is 0.343. The molecule has 1 saturated heterocycles. The lowest BCUT2D eigenvalue weighted by molar-refractivity contribution is -0.248. The van der Waals surface area contributed by atoms with Crippen LogP contribution in [0.15, 0.2) is 97.1 Å². The number of piperidine rings is 1. The summed E-state index contributed by atoms with van der Waals surface area (Å²) < 4.78 is 62.3. The van der Waals surface area contributed by atoms with Crippen LogP contribution in [-0.2, 0) is 37.1 Å². The predicted molar refractivity (Wildman–Crippen MR) is 162 cm³/mol. The van der Waals surface area contributed by atoms with Gasteiger partial charge in [0.15, 0.2) is 0 Å². The topological polar surface area (TPSA) is 66.5 Å². The molecule has 238 valence electrons. The summed E-state index contributed by atoms with van der Waals surface area (Å²) in [5.74, 6) is -1.74. The van der Waals surface area contributed by atoms with Crippen LogP contribution in [0, 0.1) is 0 Å². The number of hydrogen-bond acceptors (Lipinski definition) is 7. The van der Waals surface area contributed by atoms with Crippen molar-refractivity contribution in [3.63, 3.8) is 0 Å². The van der Waals surface area contributed by atoms with Crippen LogP contribution >= 0.6 is 0 Å². The monoisotopic (exact) mass is 623 g/mol. The normalized spacial score (nSPS) is 18.0. The molecule has 1 fully saturated rings. The summed E-state index contributed by atoms with van der Waals surface area (Å²) in [6.45, 7) is 1.49. The number of benzene rings is 4. The first-order valence-corrected chi connectivity index (χ1v) is 14.8. The number of nitrogens with zero attached hydrogens (tertiary/aromatic N) is 1. The molecule has 1 heterocycles. The Kier molecular flexibility index (Phi) is 11.1. The number of methoxy groups -OCH3 is 1. The second-order valence-electron chi connectivity index (χ2n) is 10.9. The highest BCUT2D eigenvalue weighted by Crippen LogP contribution is 2.33. The molecule has 0 amide bonds. The first kappa shape index (κ1) is 32.4. The molecule has 0 radical (unpaired) electrons. The molecule has 0 spiro atoms. The molecule has 0 saturated carbocycles. The molecule has 3 unspecified atom stereocenters. The quantitative estimate of drug-likeness (QED) is 0.162. The Morgan fingerprint density at radius 2 is 1.60 bits per heavy atom. The maximum Gasteiger partial charge on any atom is 0.492 e. The number of fused-ring (bicyclic) bond motifs is 1. The molecular weight excluding hydrogens is 587 g/mol. The summed E-state index contributed by atoms with van der Waals surface area (Å²) in [5.41, 5.74) is 2.93. The molecule has 5 rings (SSSR count). The Labute approximate surface area is 260 Å². The van der Waals surface area contributed by atoms with E-state index in [1.807, 2.05) is 97.1 Å². The van der Waals surface area contributed by atoms with Gasteiger partial charge in [0.1, 0.15) is 18.5 Å². The molecule has 0 bridgehead atoms. The zero-order valence-corrected chi connectivity index (χ0v) is 24.9. The lowest BCUT2D eigenvalue weighted by Gasteiger charge is -2.37. The minimum atomic E-state index is -5.08. The van der Waals surface area contributed by atoms with Gasteiger partial charge in [0.05, 0.1) is 32.5 Å². The van der Waals surface area contributed by atoms with E-state index in [0.717, 1.165) is 32.5 Å². The van der Waals surface area contributed by atoms with Crippen molar-refractivity contribution < 1.29 is 41.8 Å². The third-order valence-corrected chi connectivity index (χ3v) is 7.67. The van der Waals surface area contributed by atoms with E-state index in [1.54, 1.807) is 7.11 Å². The number of carbonyl (C=O) groups excluding carboxylic acids is 1. The van der Waals surface area contributed by atoms with E-state index in [1.165, 1.54) is 0 Å². The molecule has 45 heavy (non-hydrogen) atoms. The third-order valence-electron chi connectivity index (χ3n) is 7.67. The van der Waals surface area contributed by atoms with Crippen molar-refractivity contribution >= 4 is 16.7 Å². The van der Waals surface area contributed by atoms with E-state index in [-0.39, 0.29) is 31.7 Å². The van der Waals surface area contributed by atoms with Crippen molar-refractivity contribution in [2.45, 2.75) is 43.9 Å². The van der Waals surface area contributed by atoms with Gasteiger partial charge in [-0.25, -0.2) is 4.79 Å². The smallest absolute Gasteiger partial charge is 0.491 e. The number of halogens is 3. The van der Waals surface area contributed by atoms with Gasteiger partial charge in [0, 0.05) is 19.6 Å². The van der Waals surface area contributed by atoms with Gasteiger partial charge in [-0.05, 0) is 52.1 Å². The van der Waals surface area contributed by atoms with Crippen LogP contribution in [0.3, 0.4) is 0 Å². The fourth-order valence-corrected chi connectivity index (χ4v) is 5.34. The van der Waals surface area contributed by atoms with Gasteiger partial charge < -0.3 is 23.8 Å². The van der Waals surface area contributed by atoms with Crippen LogP contribution < -0.4 is 4.74 Å². The summed E-state index contributed by atoms with van der Waals surface area (Å²) in [5, 5.41) is 3.20. The molecule has 0 aliphatic carbocycles. The third kappa shape index (κ3) is 9.27. The summed E-state index contributed by atoms with van der Waals surface area (Å²) in [4.78, 5) is 16.2. The molecule has 7 nitrogen and oxygen atoms in total. The van der Waals surface area contributed by atoms with Crippen LogP contribution in [0.2, 0.25) is 0 Å². The van der Waals surface area contributed by atoms with Gasteiger partial charge in [-0.3, -0.25) is 0 Å². The first-order valence-electron chi connectivity index (χ1n) is 14.8. The van der Waals surface area contributed by atoms with Crippen LogP contribution in [0.25, 0.3) is 10.8 Å². The van der Waals surface area contributed by atoms with Crippen LogP contribution in [-0.4, -0.2) is 62.8 Å². The Hall–Kier alpha value is -3.96.